The molecule has 27 heavy (non-hydrogen) atoms. The van der Waals surface area contributed by atoms with Gasteiger partial charge in [0.15, 0.2) is 6.61 Å². The van der Waals surface area contributed by atoms with Crippen LogP contribution >= 0.6 is 0 Å². The van der Waals surface area contributed by atoms with Crippen molar-refractivity contribution in [3.05, 3.63) is 53.6 Å². The van der Waals surface area contributed by atoms with Crippen LogP contribution in [0.2, 0.25) is 0 Å². The lowest BCUT2D eigenvalue weighted by atomic mass is 10.2. The predicted octanol–water partition coefficient (Wildman–Crippen LogP) is 2.02. The molecule has 0 saturated carbocycles. The van der Waals surface area contributed by atoms with E-state index in [9.17, 15) is 9.59 Å². The summed E-state index contributed by atoms with van der Waals surface area (Å²) in [5.41, 5.74) is 3.46. The number of nitrogens with one attached hydrogen (secondary N) is 1. The Labute approximate surface area is 156 Å². The number of hydrogen-bond donors (Lipinski definition) is 1. The molecular formula is C19H20N2O6. The van der Waals surface area contributed by atoms with Crippen LogP contribution in [0.3, 0.4) is 0 Å². The van der Waals surface area contributed by atoms with Crippen LogP contribution in [-0.2, 0) is 9.53 Å². The second-order valence-electron chi connectivity index (χ2n) is 5.24. The summed E-state index contributed by atoms with van der Waals surface area (Å²) in [4.78, 5) is 23.3. The number of rotatable bonds is 8. The summed E-state index contributed by atoms with van der Waals surface area (Å²) in [5.74, 6) is 0.586. The minimum absolute atomic E-state index is 0.189. The van der Waals surface area contributed by atoms with Crippen molar-refractivity contribution >= 4 is 18.1 Å². The first-order chi connectivity index (χ1) is 13.0. The van der Waals surface area contributed by atoms with Crippen molar-refractivity contribution in [3.63, 3.8) is 0 Å². The highest BCUT2D eigenvalue weighted by molar-refractivity contribution is 5.95. The first-order valence-electron chi connectivity index (χ1n) is 7.92. The topological polar surface area (TPSA) is 95.5 Å². The Hall–Kier alpha value is -3.55. The molecule has 1 N–H and O–H groups in total. The van der Waals surface area contributed by atoms with E-state index in [1.165, 1.54) is 27.5 Å². The van der Waals surface area contributed by atoms with E-state index in [4.69, 9.17) is 14.2 Å². The Bertz CT molecular complexity index is 812. The minimum atomic E-state index is -0.477. The summed E-state index contributed by atoms with van der Waals surface area (Å²) in [6, 6.07) is 11.7. The molecule has 0 bridgehead atoms. The fourth-order valence-corrected chi connectivity index (χ4v) is 2.05. The van der Waals surface area contributed by atoms with Crippen molar-refractivity contribution in [2.24, 2.45) is 5.10 Å². The van der Waals surface area contributed by atoms with Crippen LogP contribution in [0.1, 0.15) is 15.9 Å². The summed E-state index contributed by atoms with van der Waals surface area (Å²) >= 11 is 0. The first kappa shape index (κ1) is 19.8. The number of amides is 1. The molecule has 0 unspecified atom stereocenters. The molecule has 142 valence electrons. The molecule has 2 aromatic carbocycles. The zero-order valence-corrected chi connectivity index (χ0v) is 15.2. The van der Waals surface area contributed by atoms with Gasteiger partial charge in [0.2, 0.25) is 0 Å². The number of hydrazone groups is 1. The maximum Gasteiger partial charge on any atom is 0.343 e. The van der Waals surface area contributed by atoms with E-state index >= 15 is 0 Å². The molecule has 0 aliphatic carbocycles. The molecule has 0 heterocycles. The summed E-state index contributed by atoms with van der Waals surface area (Å²) < 4.78 is 20.1. The molecule has 0 aliphatic rings. The highest BCUT2D eigenvalue weighted by Gasteiger charge is 2.09. The molecule has 2 aromatic rings. The van der Waals surface area contributed by atoms with Gasteiger partial charge in [0.25, 0.3) is 5.91 Å². The molecule has 1 amide bonds. The van der Waals surface area contributed by atoms with Gasteiger partial charge in [-0.2, -0.15) is 5.10 Å². The van der Waals surface area contributed by atoms with Crippen molar-refractivity contribution < 1.29 is 28.5 Å². The number of esters is 1. The van der Waals surface area contributed by atoms with Gasteiger partial charge in [-0.1, -0.05) is 12.1 Å². The summed E-state index contributed by atoms with van der Waals surface area (Å²) in [6.45, 7) is -0.189. The molecule has 0 aromatic heterocycles. The lowest BCUT2D eigenvalue weighted by molar-refractivity contribution is -0.142. The summed E-state index contributed by atoms with van der Waals surface area (Å²) in [5, 5.41) is 3.93. The molecule has 0 saturated heterocycles. The third kappa shape index (κ3) is 6.03. The van der Waals surface area contributed by atoms with Gasteiger partial charge in [0.05, 0.1) is 27.5 Å². The van der Waals surface area contributed by atoms with E-state index < -0.39 is 11.9 Å². The first-order valence-corrected chi connectivity index (χ1v) is 7.92. The van der Waals surface area contributed by atoms with Crippen LogP contribution in [0, 0.1) is 0 Å². The lowest BCUT2D eigenvalue weighted by Crippen LogP contribution is -2.17. The standard InChI is InChI=1S/C19H20N2O6/c1-24-16-8-14(9-17(10-16)25-2)19(23)21-20-11-13-5-4-6-15(7-13)27-12-18(22)26-3/h4-11H,12H2,1-3H3,(H,21,23)/b20-11-. The van der Waals surface area contributed by atoms with Gasteiger partial charge in [-0.3, -0.25) is 4.79 Å². The highest BCUT2D eigenvalue weighted by Crippen LogP contribution is 2.22. The Balaban J connectivity index is 2.00. The Morgan fingerprint density at radius 2 is 1.70 bits per heavy atom. The number of carbonyl (C=O) groups excluding carboxylic acids is 2. The number of benzene rings is 2. The lowest BCUT2D eigenvalue weighted by Gasteiger charge is -2.07. The van der Waals surface area contributed by atoms with Gasteiger partial charge >= 0.3 is 5.97 Å². The maximum absolute atomic E-state index is 12.2. The van der Waals surface area contributed by atoms with E-state index in [2.05, 4.69) is 15.3 Å². The van der Waals surface area contributed by atoms with Gasteiger partial charge in [-0.25, -0.2) is 10.2 Å². The van der Waals surface area contributed by atoms with Crippen LogP contribution in [0.15, 0.2) is 47.6 Å². The molecule has 8 nitrogen and oxygen atoms in total. The Kier molecular flexibility index (Phi) is 7.18. The van der Waals surface area contributed by atoms with Crippen LogP contribution in [0.4, 0.5) is 0 Å². The van der Waals surface area contributed by atoms with E-state index in [1.54, 1.807) is 42.5 Å². The van der Waals surface area contributed by atoms with E-state index in [1.807, 2.05) is 0 Å². The molecule has 0 spiro atoms. The second-order valence-corrected chi connectivity index (χ2v) is 5.24. The molecule has 0 fully saturated rings. The molecule has 8 heteroatoms. The predicted molar refractivity (Wildman–Crippen MR) is 98.6 cm³/mol. The molecule has 2 rings (SSSR count). The number of nitrogens with zero attached hydrogens (tertiary/aromatic N) is 1. The molecule has 0 atom stereocenters. The van der Waals surface area contributed by atoms with Gasteiger partial charge in [-0.05, 0) is 29.8 Å². The average molecular weight is 372 g/mol. The highest BCUT2D eigenvalue weighted by atomic mass is 16.6. The zero-order valence-electron chi connectivity index (χ0n) is 15.2. The minimum Gasteiger partial charge on any atom is -0.497 e. The van der Waals surface area contributed by atoms with Crippen molar-refractivity contribution in [3.8, 4) is 17.2 Å². The quantitative estimate of drug-likeness (QED) is 0.433. The van der Waals surface area contributed by atoms with Crippen molar-refractivity contribution in [2.75, 3.05) is 27.9 Å². The third-order valence-electron chi connectivity index (χ3n) is 3.44. The van der Waals surface area contributed by atoms with E-state index in [-0.39, 0.29) is 6.61 Å². The maximum atomic E-state index is 12.2. The fourth-order valence-electron chi connectivity index (χ4n) is 2.05. The SMILES string of the molecule is COC(=O)COc1cccc(/C=N\NC(=O)c2cc(OC)cc(OC)c2)c1. The van der Waals surface area contributed by atoms with Gasteiger partial charge < -0.3 is 18.9 Å². The Morgan fingerprint density at radius 3 is 2.33 bits per heavy atom. The van der Waals surface area contributed by atoms with Crippen molar-refractivity contribution in [1.82, 2.24) is 5.43 Å². The Morgan fingerprint density at radius 1 is 1.00 bits per heavy atom. The number of carbonyl (C=O) groups is 2. The summed E-state index contributed by atoms with van der Waals surface area (Å²) in [6.07, 6.45) is 1.46. The number of methoxy groups -OCH3 is 3. The van der Waals surface area contributed by atoms with Gasteiger partial charge in [0, 0.05) is 11.6 Å². The molecule has 0 aliphatic heterocycles. The largest absolute Gasteiger partial charge is 0.497 e. The van der Waals surface area contributed by atoms with E-state index in [0.717, 1.165) is 0 Å². The van der Waals surface area contributed by atoms with E-state index in [0.29, 0.717) is 28.4 Å². The average Bonchev–Trinajstić information content (AvgIpc) is 2.71. The third-order valence-corrected chi connectivity index (χ3v) is 3.44. The monoisotopic (exact) mass is 372 g/mol. The summed E-state index contributed by atoms with van der Waals surface area (Å²) in [7, 11) is 4.29. The van der Waals surface area contributed by atoms with Crippen LogP contribution in [-0.4, -0.2) is 46.0 Å². The van der Waals surface area contributed by atoms with Gasteiger partial charge in [0.1, 0.15) is 17.2 Å². The van der Waals surface area contributed by atoms with Crippen LogP contribution < -0.4 is 19.6 Å². The van der Waals surface area contributed by atoms with Gasteiger partial charge in [-0.15, -0.1) is 0 Å². The van der Waals surface area contributed by atoms with Crippen molar-refractivity contribution in [2.45, 2.75) is 0 Å². The zero-order chi connectivity index (χ0) is 19.6. The number of ether oxygens (including phenoxy) is 4. The normalized spacial score (nSPS) is 10.3. The second kappa shape index (κ2) is 9.81. The molecule has 0 radical (unpaired) electrons. The van der Waals surface area contributed by atoms with Crippen LogP contribution in [0.25, 0.3) is 0 Å². The van der Waals surface area contributed by atoms with Crippen molar-refractivity contribution in [1.29, 1.82) is 0 Å². The smallest absolute Gasteiger partial charge is 0.343 e. The number of hydrogen-bond acceptors (Lipinski definition) is 7. The van der Waals surface area contributed by atoms with Crippen LogP contribution in [0.5, 0.6) is 17.2 Å². The fraction of sp³-hybridized carbons (Fsp3) is 0.211. The molecular weight excluding hydrogens is 352 g/mol.